The molecule has 17 heavy (non-hydrogen) atoms. The molecule has 2 N–H and O–H groups in total. The lowest BCUT2D eigenvalue weighted by Crippen LogP contribution is -2.24. The van der Waals surface area contributed by atoms with Gasteiger partial charge in [-0.05, 0) is 26.8 Å². The number of imidazole rings is 1. The van der Waals surface area contributed by atoms with Gasteiger partial charge in [-0.15, -0.1) is 0 Å². The van der Waals surface area contributed by atoms with E-state index in [0.717, 1.165) is 22.9 Å². The number of aromatic nitrogens is 3. The number of aliphatic hydroxyl groups excluding tert-OH is 1. The Bertz CT molecular complexity index is 518. The van der Waals surface area contributed by atoms with Crippen LogP contribution in [0.25, 0.3) is 5.78 Å². The standard InChI is InChI=1S/C12H18N4O/c1-8-4-9(2)16-11(6-13-5-10(3)17)7-14-12(16)15-8/h4,7,10,13,17H,5-6H2,1-3H3. The predicted octanol–water partition coefficient (Wildman–Crippen LogP) is 0.817. The second-order valence-electron chi connectivity index (χ2n) is 4.40. The highest BCUT2D eigenvalue weighted by Gasteiger charge is 2.07. The third-order valence-electron chi connectivity index (χ3n) is 2.61. The van der Waals surface area contributed by atoms with Crippen molar-refractivity contribution < 1.29 is 5.11 Å². The average molecular weight is 234 g/mol. The molecule has 2 aromatic rings. The molecule has 1 unspecified atom stereocenters. The number of nitrogens with zero attached hydrogens (tertiary/aromatic N) is 3. The van der Waals surface area contributed by atoms with E-state index >= 15 is 0 Å². The Morgan fingerprint density at radius 3 is 2.94 bits per heavy atom. The SMILES string of the molecule is Cc1cc(C)n2c(CNCC(C)O)cnc2n1. The highest BCUT2D eigenvalue weighted by atomic mass is 16.3. The van der Waals surface area contributed by atoms with Crippen LogP contribution >= 0.6 is 0 Å². The molecular weight excluding hydrogens is 216 g/mol. The van der Waals surface area contributed by atoms with Crippen LogP contribution in [-0.4, -0.2) is 32.1 Å². The summed E-state index contributed by atoms with van der Waals surface area (Å²) in [4.78, 5) is 8.66. The molecule has 2 heterocycles. The fourth-order valence-electron chi connectivity index (χ4n) is 1.93. The van der Waals surface area contributed by atoms with Gasteiger partial charge in [0, 0.05) is 24.5 Å². The van der Waals surface area contributed by atoms with E-state index in [1.54, 1.807) is 6.92 Å². The normalized spacial score (nSPS) is 13.2. The van der Waals surface area contributed by atoms with E-state index < -0.39 is 0 Å². The molecule has 0 bridgehead atoms. The van der Waals surface area contributed by atoms with E-state index in [4.69, 9.17) is 0 Å². The first kappa shape index (κ1) is 12.0. The topological polar surface area (TPSA) is 62.5 Å². The van der Waals surface area contributed by atoms with Gasteiger partial charge in [-0.3, -0.25) is 4.40 Å². The van der Waals surface area contributed by atoms with Crippen molar-refractivity contribution in [1.82, 2.24) is 19.7 Å². The van der Waals surface area contributed by atoms with Crippen molar-refractivity contribution >= 4 is 5.78 Å². The number of hydrogen-bond acceptors (Lipinski definition) is 4. The number of nitrogens with one attached hydrogen (secondary N) is 1. The van der Waals surface area contributed by atoms with Crippen LogP contribution in [0.15, 0.2) is 12.3 Å². The van der Waals surface area contributed by atoms with Crippen LogP contribution < -0.4 is 5.32 Å². The van der Waals surface area contributed by atoms with E-state index in [-0.39, 0.29) is 6.10 Å². The zero-order valence-corrected chi connectivity index (χ0v) is 10.4. The summed E-state index contributed by atoms with van der Waals surface area (Å²) in [5, 5.41) is 12.4. The van der Waals surface area contributed by atoms with Crippen LogP contribution in [0, 0.1) is 13.8 Å². The van der Waals surface area contributed by atoms with E-state index in [2.05, 4.69) is 15.3 Å². The Kier molecular flexibility index (Phi) is 3.40. The lowest BCUT2D eigenvalue weighted by Gasteiger charge is -2.08. The van der Waals surface area contributed by atoms with Gasteiger partial charge >= 0.3 is 0 Å². The first-order valence-electron chi connectivity index (χ1n) is 5.77. The van der Waals surface area contributed by atoms with Gasteiger partial charge in [-0.2, -0.15) is 0 Å². The van der Waals surface area contributed by atoms with Gasteiger partial charge in [-0.25, -0.2) is 9.97 Å². The lowest BCUT2D eigenvalue weighted by molar-refractivity contribution is 0.191. The molecule has 0 amide bonds. The Morgan fingerprint density at radius 2 is 2.24 bits per heavy atom. The van der Waals surface area contributed by atoms with Crippen LogP contribution in [0.3, 0.4) is 0 Å². The minimum atomic E-state index is -0.337. The van der Waals surface area contributed by atoms with Gasteiger partial charge in [0.05, 0.1) is 18.0 Å². The minimum absolute atomic E-state index is 0.337. The van der Waals surface area contributed by atoms with Crippen molar-refractivity contribution in [2.45, 2.75) is 33.4 Å². The number of aliphatic hydroxyl groups is 1. The van der Waals surface area contributed by atoms with Crippen LogP contribution in [0.2, 0.25) is 0 Å². The summed E-state index contributed by atoms with van der Waals surface area (Å²) >= 11 is 0. The molecule has 0 aromatic carbocycles. The van der Waals surface area contributed by atoms with Crippen molar-refractivity contribution in [3.8, 4) is 0 Å². The Hall–Kier alpha value is -1.46. The van der Waals surface area contributed by atoms with Gasteiger partial charge in [0.15, 0.2) is 0 Å². The first-order chi connectivity index (χ1) is 8.08. The number of hydrogen-bond donors (Lipinski definition) is 2. The monoisotopic (exact) mass is 234 g/mol. The molecule has 0 aliphatic carbocycles. The maximum Gasteiger partial charge on any atom is 0.234 e. The maximum absolute atomic E-state index is 9.19. The Morgan fingerprint density at radius 1 is 1.47 bits per heavy atom. The lowest BCUT2D eigenvalue weighted by atomic mass is 10.3. The van der Waals surface area contributed by atoms with Crippen molar-refractivity contribution in [1.29, 1.82) is 0 Å². The quantitative estimate of drug-likeness (QED) is 0.822. The van der Waals surface area contributed by atoms with Crippen molar-refractivity contribution in [3.63, 3.8) is 0 Å². The van der Waals surface area contributed by atoms with E-state index in [9.17, 15) is 5.11 Å². The molecule has 0 spiro atoms. The summed E-state index contributed by atoms with van der Waals surface area (Å²) in [6.45, 7) is 7.02. The fraction of sp³-hybridized carbons (Fsp3) is 0.500. The van der Waals surface area contributed by atoms with E-state index in [0.29, 0.717) is 13.1 Å². The summed E-state index contributed by atoms with van der Waals surface area (Å²) in [6.07, 6.45) is 1.49. The van der Waals surface area contributed by atoms with E-state index in [1.165, 1.54) is 0 Å². The zero-order chi connectivity index (χ0) is 12.4. The molecule has 5 nitrogen and oxygen atoms in total. The first-order valence-corrected chi connectivity index (χ1v) is 5.77. The van der Waals surface area contributed by atoms with Crippen molar-refractivity contribution in [2.24, 2.45) is 0 Å². The number of fused-ring (bicyclic) bond motifs is 1. The largest absolute Gasteiger partial charge is 0.392 e. The molecule has 0 radical (unpaired) electrons. The molecule has 0 aliphatic heterocycles. The fourth-order valence-corrected chi connectivity index (χ4v) is 1.93. The van der Waals surface area contributed by atoms with Crippen LogP contribution in [-0.2, 0) is 6.54 Å². The van der Waals surface area contributed by atoms with Gasteiger partial charge in [0.1, 0.15) is 0 Å². The van der Waals surface area contributed by atoms with Gasteiger partial charge in [0.2, 0.25) is 5.78 Å². The smallest absolute Gasteiger partial charge is 0.234 e. The highest BCUT2D eigenvalue weighted by molar-refractivity contribution is 5.35. The summed E-state index contributed by atoms with van der Waals surface area (Å²) < 4.78 is 2.03. The second kappa shape index (κ2) is 4.81. The van der Waals surface area contributed by atoms with Gasteiger partial charge in [0.25, 0.3) is 0 Å². The summed E-state index contributed by atoms with van der Waals surface area (Å²) in [6, 6.07) is 2.03. The molecule has 5 heteroatoms. The Balaban J connectivity index is 2.24. The number of aryl methyl sites for hydroxylation is 2. The predicted molar refractivity (Wildman–Crippen MR) is 65.8 cm³/mol. The molecule has 0 aliphatic rings. The molecule has 2 aromatic heterocycles. The van der Waals surface area contributed by atoms with E-state index in [1.807, 2.05) is 30.5 Å². The summed E-state index contributed by atoms with van der Waals surface area (Å²) in [7, 11) is 0. The molecule has 0 saturated heterocycles. The molecular formula is C12H18N4O. The molecule has 2 rings (SSSR count). The van der Waals surface area contributed by atoms with Crippen molar-refractivity contribution in [2.75, 3.05) is 6.54 Å². The molecule has 0 saturated carbocycles. The van der Waals surface area contributed by atoms with Crippen LogP contribution in [0.1, 0.15) is 24.0 Å². The maximum atomic E-state index is 9.19. The second-order valence-corrected chi connectivity index (χ2v) is 4.40. The van der Waals surface area contributed by atoms with Gasteiger partial charge < -0.3 is 10.4 Å². The highest BCUT2D eigenvalue weighted by Crippen LogP contribution is 2.09. The molecule has 92 valence electrons. The third kappa shape index (κ3) is 2.62. The molecule has 1 atom stereocenters. The van der Waals surface area contributed by atoms with Crippen LogP contribution in [0.4, 0.5) is 0 Å². The Labute approximate surface area is 101 Å². The molecule has 0 fully saturated rings. The van der Waals surface area contributed by atoms with Crippen LogP contribution in [0.5, 0.6) is 0 Å². The van der Waals surface area contributed by atoms with Crippen molar-refractivity contribution in [3.05, 3.63) is 29.3 Å². The van der Waals surface area contributed by atoms with Gasteiger partial charge in [-0.1, -0.05) is 0 Å². The minimum Gasteiger partial charge on any atom is -0.392 e. The zero-order valence-electron chi connectivity index (χ0n) is 10.4. The number of rotatable bonds is 4. The third-order valence-corrected chi connectivity index (χ3v) is 2.61. The average Bonchev–Trinajstić information content (AvgIpc) is 2.60. The summed E-state index contributed by atoms with van der Waals surface area (Å²) in [5.41, 5.74) is 3.16. The summed E-state index contributed by atoms with van der Waals surface area (Å²) in [5.74, 6) is 0.733.